The number of fused-ring (bicyclic) bond motifs is 1. The number of hydrogen-bond acceptors (Lipinski definition) is 2. The average molecular weight is 297 g/mol. The number of rotatable bonds is 6. The Morgan fingerprint density at radius 2 is 2.05 bits per heavy atom. The highest BCUT2D eigenvalue weighted by molar-refractivity contribution is 5.74. The van der Waals surface area contributed by atoms with Crippen LogP contribution in [0.4, 0.5) is 4.39 Å². The predicted molar refractivity (Wildman–Crippen MR) is 87.4 cm³/mol. The average Bonchev–Trinajstić information content (AvgIpc) is 2.90. The van der Waals surface area contributed by atoms with Gasteiger partial charge < -0.3 is 10.3 Å². The minimum Gasteiger partial charge on any atom is -0.342 e. The van der Waals surface area contributed by atoms with Gasteiger partial charge in [-0.25, -0.2) is 9.37 Å². The van der Waals surface area contributed by atoms with Crippen LogP contribution in [0.1, 0.15) is 18.3 Å². The monoisotopic (exact) mass is 297 g/mol. The van der Waals surface area contributed by atoms with Crippen LogP contribution in [0, 0.1) is 5.82 Å². The molecule has 0 bridgehead atoms. The van der Waals surface area contributed by atoms with E-state index in [0.29, 0.717) is 6.04 Å². The molecule has 3 nitrogen and oxygen atoms in total. The lowest BCUT2D eigenvalue weighted by Gasteiger charge is -2.13. The van der Waals surface area contributed by atoms with Crippen molar-refractivity contribution in [2.24, 2.45) is 0 Å². The molecule has 2 N–H and O–H groups in total. The van der Waals surface area contributed by atoms with Crippen LogP contribution in [-0.4, -0.2) is 22.6 Å². The highest BCUT2D eigenvalue weighted by Crippen LogP contribution is 2.10. The first-order chi connectivity index (χ1) is 10.7. The molecule has 1 unspecified atom stereocenters. The highest BCUT2D eigenvalue weighted by atomic mass is 19.1. The molecule has 114 valence electrons. The second-order valence-corrected chi connectivity index (χ2v) is 5.64. The molecule has 0 fully saturated rings. The van der Waals surface area contributed by atoms with Crippen molar-refractivity contribution in [3.8, 4) is 0 Å². The number of nitrogens with one attached hydrogen (secondary N) is 2. The van der Waals surface area contributed by atoms with E-state index in [9.17, 15) is 4.39 Å². The number of H-pyrrole nitrogens is 1. The van der Waals surface area contributed by atoms with Gasteiger partial charge in [-0.05, 0) is 43.2 Å². The molecule has 0 saturated carbocycles. The quantitative estimate of drug-likeness (QED) is 0.731. The minimum absolute atomic E-state index is 0.174. The molecule has 0 aliphatic heterocycles. The number of aromatic amines is 1. The SMILES string of the molecule is CC(Cc1cccc(F)c1)NCCc1nc2ccccc2[nH]1. The van der Waals surface area contributed by atoms with Crippen LogP contribution in [0.25, 0.3) is 11.0 Å². The summed E-state index contributed by atoms with van der Waals surface area (Å²) in [5, 5.41) is 3.46. The molecule has 1 heterocycles. The molecular weight excluding hydrogens is 277 g/mol. The maximum Gasteiger partial charge on any atom is 0.123 e. The molecular formula is C18H20FN3. The zero-order chi connectivity index (χ0) is 15.4. The van der Waals surface area contributed by atoms with Gasteiger partial charge in [-0.2, -0.15) is 0 Å². The third-order valence-corrected chi connectivity index (χ3v) is 3.72. The van der Waals surface area contributed by atoms with E-state index in [-0.39, 0.29) is 5.82 Å². The summed E-state index contributed by atoms with van der Waals surface area (Å²) in [7, 11) is 0. The van der Waals surface area contributed by atoms with Crippen molar-refractivity contribution in [2.75, 3.05) is 6.54 Å². The maximum atomic E-state index is 13.2. The molecule has 0 aliphatic rings. The standard InChI is InChI=1S/C18H20FN3/c1-13(11-14-5-4-6-15(19)12-14)20-10-9-18-21-16-7-2-3-8-17(16)22-18/h2-8,12-13,20H,9-11H2,1H3,(H,21,22). The van der Waals surface area contributed by atoms with Gasteiger partial charge in [-0.15, -0.1) is 0 Å². The molecule has 0 aliphatic carbocycles. The Kier molecular flexibility index (Phi) is 4.49. The lowest BCUT2D eigenvalue weighted by molar-refractivity contribution is 0.542. The van der Waals surface area contributed by atoms with Gasteiger partial charge in [-0.1, -0.05) is 24.3 Å². The first-order valence-corrected chi connectivity index (χ1v) is 7.62. The molecule has 2 aromatic carbocycles. The zero-order valence-electron chi connectivity index (χ0n) is 12.6. The van der Waals surface area contributed by atoms with Crippen LogP contribution >= 0.6 is 0 Å². The molecule has 3 rings (SSSR count). The topological polar surface area (TPSA) is 40.7 Å². The van der Waals surface area contributed by atoms with E-state index < -0.39 is 0 Å². The normalized spacial score (nSPS) is 12.6. The van der Waals surface area contributed by atoms with E-state index in [1.54, 1.807) is 12.1 Å². The Hall–Kier alpha value is -2.20. The first-order valence-electron chi connectivity index (χ1n) is 7.62. The summed E-state index contributed by atoms with van der Waals surface area (Å²) < 4.78 is 13.2. The summed E-state index contributed by atoms with van der Waals surface area (Å²) in [5.74, 6) is 0.818. The number of hydrogen-bond donors (Lipinski definition) is 2. The molecule has 0 saturated heterocycles. The summed E-state index contributed by atoms with van der Waals surface area (Å²) in [5.41, 5.74) is 3.10. The summed E-state index contributed by atoms with van der Waals surface area (Å²) in [6, 6.07) is 15.1. The predicted octanol–water partition coefficient (Wildman–Crippen LogP) is 3.47. The third kappa shape index (κ3) is 3.71. The number of imidazole rings is 1. The van der Waals surface area contributed by atoms with E-state index in [1.807, 2.05) is 30.3 Å². The Morgan fingerprint density at radius 3 is 2.86 bits per heavy atom. The van der Waals surface area contributed by atoms with Crippen molar-refractivity contribution in [3.05, 3.63) is 65.7 Å². The second-order valence-electron chi connectivity index (χ2n) is 5.64. The Bertz CT molecular complexity index is 718. The molecule has 0 amide bonds. The smallest absolute Gasteiger partial charge is 0.123 e. The lowest BCUT2D eigenvalue weighted by Crippen LogP contribution is -2.30. The fourth-order valence-corrected chi connectivity index (χ4v) is 2.65. The van der Waals surface area contributed by atoms with Crippen molar-refractivity contribution in [3.63, 3.8) is 0 Å². The molecule has 1 aromatic heterocycles. The van der Waals surface area contributed by atoms with E-state index >= 15 is 0 Å². The number of para-hydroxylation sites is 2. The van der Waals surface area contributed by atoms with Crippen molar-refractivity contribution < 1.29 is 4.39 Å². The van der Waals surface area contributed by atoms with Gasteiger partial charge in [-0.3, -0.25) is 0 Å². The van der Waals surface area contributed by atoms with Crippen LogP contribution < -0.4 is 5.32 Å². The van der Waals surface area contributed by atoms with Crippen molar-refractivity contribution in [2.45, 2.75) is 25.8 Å². The van der Waals surface area contributed by atoms with Crippen LogP contribution in [0.3, 0.4) is 0 Å². The summed E-state index contributed by atoms with van der Waals surface area (Å²) >= 11 is 0. The van der Waals surface area contributed by atoms with Crippen LogP contribution in [0.15, 0.2) is 48.5 Å². The van der Waals surface area contributed by atoms with E-state index in [1.165, 1.54) is 6.07 Å². The molecule has 0 spiro atoms. The first kappa shape index (κ1) is 14.7. The van der Waals surface area contributed by atoms with Crippen LogP contribution in [0.2, 0.25) is 0 Å². The van der Waals surface area contributed by atoms with Gasteiger partial charge in [0.05, 0.1) is 11.0 Å². The molecule has 3 aromatic rings. The van der Waals surface area contributed by atoms with Gasteiger partial charge in [0.25, 0.3) is 0 Å². The van der Waals surface area contributed by atoms with Crippen molar-refractivity contribution in [1.82, 2.24) is 15.3 Å². The largest absolute Gasteiger partial charge is 0.342 e. The fourth-order valence-electron chi connectivity index (χ4n) is 2.65. The third-order valence-electron chi connectivity index (χ3n) is 3.72. The van der Waals surface area contributed by atoms with Gasteiger partial charge in [0, 0.05) is 19.0 Å². The van der Waals surface area contributed by atoms with E-state index in [0.717, 1.165) is 41.8 Å². The Morgan fingerprint density at radius 1 is 1.18 bits per heavy atom. The number of aromatic nitrogens is 2. The van der Waals surface area contributed by atoms with Crippen LogP contribution in [-0.2, 0) is 12.8 Å². The van der Waals surface area contributed by atoms with Gasteiger partial charge in [0.1, 0.15) is 11.6 Å². The summed E-state index contributed by atoms with van der Waals surface area (Å²) in [4.78, 5) is 7.89. The van der Waals surface area contributed by atoms with Crippen LogP contribution in [0.5, 0.6) is 0 Å². The van der Waals surface area contributed by atoms with E-state index in [2.05, 4.69) is 22.2 Å². The summed E-state index contributed by atoms with van der Waals surface area (Å²) in [6.45, 7) is 2.96. The van der Waals surface area contributed by atoms with Crippen molar-refractivity contribution >= 4 is 11.0 Å². The molecule has 22 heavy (non-hydrogen) atoms. The minimum atomic E-state index is -0.174. The Labute approximate surface area is 129 Å². The van der Waals surface area contributed by atoms with E-state index in [4.69, 9.17) is 0 Å². The van der Waals surface area contributed by atoms with Gasteiger partial charge in [0.15, 0.2) is 0 Å². The number of benzene rings is 2. The van der Waals surface area contributed by atoms with Crippen molar-refractivity contribution in [1.29, 1.82) is 0 Å². The molecule has 0 radical (unpaired) electrons. The number of halogens is 1. The fraction of sp³-hybridized carbons (Fsp3) is 0.278. The maximum absolute atomic E-state index is 13.2. The lowest BCUT2D eigenvalue weighted by atomic mass is 10.1. The molecule has 1 atom stereocenters. The Balaban J connectivity index is 1.50. The van der Waals surface area contributed by atoms with Gasteiger partial charge in [0.2, 0.25) is 0 Å². The second kappa shape index (κ2) is 6.71. The van der Waals surface area contributed by atoms with Gasteiger partial charge >= 0.3 is 0 Å². The molecule has 4 heteroatoms. The summed E-state index contributed by atoms with van der Waals surface area (Å²) in [6.07, 6.45) is 1.67. The highest BCUT2D eigenvalue weighted by Gasteiger charge is 2.05. The zero-order valence-corrected chi connectivity index (χ0v) is 12.6. The number of nitrogens with zero attached hydrogens (tertiary/aromatic N) is 1.